The average Bonchev–Trinajstić information content (AvgIpc) is 2.87. The number of nitrogens with zero attached hydrogens (tertiary/aromatic N) is 3. The minimum Gasteiger partial charge on any atom is -0.507 e. The number of allylic oxidation sites excluding steroid dienone is 2. The maximum absolute atomic E-state index is 10.8. The number of benzene rings is 1. The van der Waals surface area contributed by atoms with Crippen molar-refractivity contribution in [2.24, 2.45) is 5.92 Å². The van der Waals surface area contributed by atoms with Gasteiger partial charge in [-0.2, -0.15) is 0 Å². The zero-order valence-electron chi connectivity index (χ0n) is 19.2. The predicted octanol–water partition coefficient (Wildman–Crippen LogP) is 4.02. The number of aromatic hydroxyl groups is 1. The highest BCUT2D eigenvalue weighted by Gasteiger charge is 2.35. The van der Waals surface area contributed by atoms with Crippen LogP contribution in [0.15, 0.2) is 48.7 Å². The Hall–Kier alpha value is -3.29. The number of ether oxygens (including phenoxy) is 2. The summed E-state index contributed by atoms with van der Waals surface area (Å²) in [7, 11) is 1.59. The molecule has 1 aromatic carbocycles. The number of aryl methyl sites for hydroxylation is 1. The SMILES string of the molecule is COc1cc(-c2ccc(-c3cc4c(nn3)C(C3CC5COC[C@H](C3)N5)=CCC4)c(O)c2)ccn1. The smallest absolute Gasteiger partial charge is 0.213 e. The van der Waals surface area contributed by atoms with Gasteiger partial charge in [0.1, 0.15) is 5.75 Å². The van der Waals surface area contributed by atoms with E-state index in [0.717, 1.165) is 55.7 Å². The number of hydrogen-bond acceptors (Lipinski definition) is 7. The van der Waals surface area contributed by atoms with Gasteiger partial charge >= 0.3 is 0 Å². The van der Waals surface area contributed by atoms with Crippen LogP contribution < -0.4 is 10.1 Å². The van der Waals surface area contributed by atoms with E-state index >= 15 is 0 Å². The quantitative estimate of drug-likeness (QED) is 0.613. The van der Waals surface area contributed by atoms with E-state index in [-0.39, 0.29) is 5.75 Å². The molecule has 2 saturated heterocycles. The number of morpholine rings is 1. The molecule has 3 aliphatic rings. The van der Waals surface area contributed by atoms with Crippen LogP contribution in [-0.4, -0.2) is 52.7 Å². The maximum atomic E-state index is 10.8. The molecule has 3 aromatic rings. The van der Waals surface area contributed by atoms with E-state index in [4.69, 9.17) is 9.47 Å². The number of phenols is 1. The molecule has 4 heterocycles. The zero-order chi connectivity index (χ0) is 23.1. The van der Waals surface area contributed by atoms with Gasteiger partial charge in [0.2, 0.25) is 5.88 Å². The van der Waals surface area contributed by atoms with Crippen LogP contribution in [0.1, 0.15) is 30.5 Å². The molecule has 2 aliphatic heterocycles. The standard InChI is InChI=1S/C27H28N4O3/c1-33-26-13-17(7-8-28-26)16-5-6-23(25(32)12-16)24-11-18-3-2-4-22(27(18)31-30-24)19-9-20-14-34-15-21(10-19)29-20/h4-8,11-13,19-21,29,32H,2-3,9-10,14-15H2,1H3/t19?,20-,21?/m0/s1. The molecule has 2 bridgehead atoms. The van der Waals surface area contributed by atoms with Crippen LogP contribution in [0.25, 0.3) is 28.0 Å². The van der Waals surface area contributed by atoms with E-state index in [9.17, 15) is 5.11 Å². The second-order valence-corrected chi connectivity index (χ2v) is 9.39. The Labute approximate surface area is 198 Å². The molecule has 0 saturated carbocycles. The number of pyridine rings is 1. The van der Waals surface area contributed by atoms with Crippen molar-refractivity contribution in [1.82, 2.24) is 20.5 Å². The fraction of sp³-hybridized carbons (Fsp3) is 0.370. The number of rotatable bonds is 4. The molecule has 1 aliphatic carbocycles. The molecule has 2 unspecified atom stereocenters. The lowest BCUT2D eigenvalue weighted by Crippen LogP contribution is -2.54. The highest BCUT2D eigenvalue weighted by Crippen LogP contribution is 2.40. The topological polar surface area (TPSA) is 89.4 Å². The normalized spacial score (nSPS) is 23.7. The summed E-state index contributed by atoms with van der Waals surface area (Å²) in [4.78, 5) is 4.15. The van der Waals surface area contributed by atoms with Gasteiger partial charge < -0.3 is 19.9 Å². The van der Waals surface area contributed by atoms with Crippen molar-refractivity contribution in [1.29, 1.82) is 0 Å². The fourth-order valence-corrected chi connectivity index (χ4v) is 5.56. The molecule has 6 rings (SSSR count). The van der Waals surface area contributed by atoms with Gasteiger partial charge in [-0.15, -0.1) is 10.2 Å². The number of piperidine rings is 1. The van der Waals surface area contributed by atoms with Crippen molar-refractivity contribution in [3.8, 4) is 34.0 Å². The Morgan fingerprint density at radius 1 is 1.03 bits per heavy atom. The number of aromatic nitrogens is 3. The monoisotopic (exact) mass is 456 g/mol. The van der Waals surface area contributed by atoms with Gasteiger partial charge in [-0.3, -0.25) is 0 Å². The second-order valence-electron chi connectivity index (χ2n) is 9.39. The molecule has 2 N–H and O–H groups in total. The molecule has 7 heteroatoms. The Morgan fingerprint density at radius 2 is 1.85 bits per heavy atom. The Balaban J connectivity index is 1.28. The van der Waals surface area contributed by atoms with Crippen LogP contribution in [0.5, 0.6) is 11.6 Å². The van der Waals surface area contributed by atoms with Crippen LogP contribution in [0.3, 0.4) is 0 Å². The van der Waals surface area contributed by atoms with Gasteiger partial charge in [0.15, 0.2) is 0 Å². The maximum Gasteiger partial charge on any atom is 0.213 e. The van der Waals surface area contributed by atoms with Crippen LogP contribution in [0, 0.1) is 5.92 Å². The number of hydrogen-bond donors (Lipinski definition) is 2. The molecule has 2 aromatic heterocycles. The van der Waals surface area contributed by atoms with E-state index < -0.39 is 0 Å². The first kappa shape index (κ1) is 21.3. The summed E-state index contributed by atoms with van der Waals surface area (Å²) in [5.41, 5.74) is 6.78. The lowest BCUT2D eigenvalue weighted by atomic mass is 9.77. The van der Waals surface area contributed by atoms with Crippen LogP contribution in [0.2, 0.25) is 0 Å². The molecule has 34 heavy (non-hydrogen) atoms. The van der Waals surface area contributed by atoms with Crippen molar-refractivity contribution < 1.29 is 14.6 Å². The van der Waals surface area contributed by atoms with E-state index in [0.29, 0.717) is 35.1 Å². The third-order valence-corrected chi connectivity index (χ3v) is 7.16. The van der Waals surface area contributed by atoms with Gasteiger partial charge in [0, 0.05) is 29.9 Å². The van der Waals surface area contributed by atoms with Gasteiger partial charge in [0.25, 0.3) is 0 Å². The second kappa shape index (κ2) is 8.81. The highest BCUT2D eigenvalue weighted by molar-refractivity contribution is 5.76. The Bertz CT molecular complexity index is 1250. The lowest BCUT2D eigenvalue weighted by molar-refractivity contribution is 0.0154. The van der Waals surface area contributed by atoms with E-state index in [1.54, 1.807) is 19.4 Å². The van der Waals surface area contributed by atoms with Crippen molar-refractivity contribution in [3.05, 3.63) is 59.9 Å². The van der Waals surface area contributed by atoms with Crippen molar-refractivity contribution in [2.45, 2.75) is 37.8 Å². The fourth-order valence-electron chi connectivity index (χ4n) is 5.56. The van der Waals surface area contributed by atoms with E-state index in [1.165, 1.54) is 11.1 Å². The van der Waals surface area contributed by atoms with E-state index in [2.05, 4.69) is 32.6 Å². The first-order valence-electron chi connectivity index (χ1n) is 11.9. The summed E-state index contributed by atoms with van der Waals surface area (Å²) < 4.78 is 10.9. The summed E-state index contributed by atoms with van der Waals surface area (Å²) in [5, 5.41) is 23.8. The Morgan fingerprint density at radius 3 is 2.65 bits per heavy atom. The molecule has 3 atom stereocenters. The van der Waals surface area contributed by atoms with Gasteiger partial charge in [0.05, 0.1) is 31.7 Å². The molecule has 2 fully saturated rings. The summed E-state index contributed by atoms with van der Waals surface area (Å²) in [6.45, 7) is 1.58. The molecule has 174 valence electrons. The van der Waals surface area contributed by atoms with E-state index in [1.807, 2.05) is 24.3 Å². The molecular formula is C27H28N4O3. The summed E-state index contributed by atoms with van der Waals surface area (Å²) in [6.07, 6.45) is 8.16. The molecule has 0 radical (unpaired) electrons. The highest BCUT2D eigenvalue weighted by atomic mass is 16.5. The summed E-state index contributed by atoms with van der Waals surface area (Å²) >= 11 is 0. The number of methoxy groups -OCH3 is 1. The predicted molar refractivity (Wildman–Crippen MR) is 129 cm³/mol. The minimum absolute atomic E-state index is 0.181. The van der Waals surface area contributed by atoms with Gasteiger partial charge in [-0.25, -0.2) is 4.98 Å². The largest absolute Gasteiger partial charge is 0.507 e. The number of phenolic OH excluding ortho intramolecular Hbond substituents is 1. The third-order valence-electron chi connectivity index (χ3n) is 7.16. The van der Waals surface area contributed by atoms with Crippen LogP contribution in [-0.2, 0) is 11.2 Å². The summed E-state index contributed by atoms with van der Waals surface area (Å²) in [6, 6.07) is 12.3. The van der Waals surface area contributed by atoms with Crippen molar-refractivity contribution in [2.75, 3.05) is 20.3 Å². The zero-order valence-corrected chi connectivity index (χ0v) is 19.2. The van der Waals surface area contributed by atoms with Gasteiger partial charge in [-0.1, -0.05) is 12.1 Å². The molecule has 0 spiro atoms. The van der Waals surface area contributed by atoms with Gasteiger partial charge in [-0.05, 0) is 78.1 Å². The Kier molecular flexibility index (Phi) is 5.51. The summed E-state index contributed by atoms with van der Waals surface area (Å²) in [5.74, 6) is 1.21. The number of fused-ring (bicyclic) bond motifs is 3. The van der Waals surface area contributed by atoms with Crippen molar-refractivity contribution >= 4 is 5.57 Å². The average molecular weight is 457 g/mol. The van der Waals surface area contributed by atoms with Crippen LogP contribution >= 0.6 is 0 Å². The first-order chi connectivity index (χ1) is 16.7. The molecule has 0 amide bonds. The minimum atomic E-state index is 0.181. The van der Waals surface area contributed by atoms with Crippen molar-refractivity contribution in [3.63, 3.8) is 0 Å². The van der Waals surface area contributed by atoms with Crippen LogP contribution in [0.4, 0.5) is 0 Å². The number of nitrogens with one attached hydrogen (secondary N) is 1. The third kappa shape index (κ3) is 3.95. The first-order valence-corrected chi connectivity index (χ1v) is 11.9. The lowest BCUT2D eigenvalue weighted by Gasteiger charge is -2.41. The molecule has 7 nitrogen and oxygen atoms in total. The molecular weight excluding hydrogens is 428 g/mol.